The van der Waals surface area contributed by atoms with Gasteiger partial charge in [-0.15, -0.1) is 0 Å². The number of carbonyl (C=O) groups excluding carboxylic acids is 5. The molecule has 1 aromatic rings. The molecule has 3 aliphatic rings. The fourth-order valence-electron chi connectivity index (χ4n) is 6.16. The lowest BCUT2D eigenvalue weighted by molar-refractivity contribution is -0.145. The van der Waals surface area contributed by atoms with Gasteiger partial charge in [0.25, 0.3) is 5.91 Å². The third-order valence-corrected chi connectivity index (χ3v) is 8.99. The van der Waals surface area contributed by atoms with Crippen molar-refractivity contribution in [1.82, 2.24) is 20.9 Å². The van der Waals surface area contributed by atoms with Gasteiger partial charge in [0.05, 0.1) is 25.4 Å². The molecule has 1 spiro atoms. The van der Waals surface area contributed by atoms with E-state index in [-0.39, 0.29) is 49.6 Å². The number of nitrogens with zero attached hydrogens (tertiary/aromatic N) is 2. The number of benzene rings is 1. The fourth-order valence-corrected chi connectivity index (χ4v) is 6.33. The number of rotatable bonds is 12. The highest BCUT2D eigenvalue weighted by Crippen LogP contribution is 2.41. The number of ketones is 1. The molecular formula is C35H50ClN5O7. The first kappa shape index (κ1) is 37.2. The van der Waals surface area contributed by atoms with E-state index in [0.29, 0.717) is 28.5 Å². The molecule has 1 aromatic carbocycles. The highest BCUT2D eigenvalue weighted by atomic mass is 35.5. The molecule has 4 rings (SSSR count). The van der Waals surface area contributed by atoms with E-state index in [1.807, 2.05) is 48.5 Å². The molecule has 12 nitrogen and oxygen atoms in total. The van der Waals surface area contributed by atoms with E-state index >= 15 is 0 Å². The van der Waals surface area contributed by atoms with E-state index in [9.17, 15) is 24.0 Å². The second-order valence-electron chi connectivity index (χ2n) is 15.6. The van der Waals surface area contributed by atoms with Gasteiger partial charge < -0.3 is 30.4 Å². The Kier molecular flexibility index (Phi) is 11.2. The maximum Gasteiger partial charge on any atom is 0.289 e. The van der Waals surface area contributed by atoms with Gasteiger partial charge in [0.15, 0.2) is 5.60 Å². The summed E-state index contributed by atoms with van der Waals surface area (Å²) in [6.07, 6.45) is 2.93. The van der Waals surface area contributed by atoms with Crippen molar-refractivity contribution in [2.24, 2.45) is 16.0 Å². The van der Waals surface area contributed by atoms with E-state index in [4.69, 9.17) is 21.2 Å². The van der Waals surface area contributed by atoms with Crippen LogP contribution in [0.25, 0.3) is 0 Å². The van der Waals surface area contributed by atoms with Gasteiger partial charge in [-0.05, 0) is 48.3 Å². The van der Waals surface area contributed by atoms with E-state index < -0.39 is 52.6 Å². The molecule has 1 aliphatic carbocycles. The number of oxime groups is 1. The van der Waals surface area contributed by atoms with Crippen LogP contribution in [0.2, 0.25) is 5.02 Å². The molecule has 2 aliphatic heterocycles. The van der Waals surface area contributed by atoms with Crippen molar-refractivity contribution in [3.05, 3.63) is 28.8 Å². The standard InChI is InChI=1S/C35H50ClN5O7/c1-9-10-23(28(43)31(45)37-21-12-13-21)38-30(44)25-17-35(16-24(40-48-35)22-15-20(36)11-14-26(22)47-8)19-41(25)32(46)29(34(5,6)7)39-27(42)18-33(2,3)4/h11,14-15,21,23,25,29H,9-10,12-13,16-19H2,1-8H3,(H,37,45)(H,38,44)(H,39,42)/t23-,25-,29+,35+/m0/s1. The molecule has 4 atom stereocenters. The van der Waals surface area contributed by atoms with Crippen molar-refractivity contribution in [3.8, 4) is 5.75 Å². The lowest BCUT2D eigenvalue weighted by atomic mass is 9.84. The first-order valence-electron chi connectivity index (χ1n) is 16.7. The van der Waals surface area contributed by atoms with E-state index in [1.54, 1.807) is 18.2 Å². The predicted octanol–water partition coefficient (Wildman–Crippen LogP) is 3.91. The van der Waals surface area contributed by atoms with Crippen molar-refractivity contribution in [1.29, 1.82) is 0 Å². The van der Waals surface area contributed by atoms with Gasteiger partial charge in [-0.2, -0.15) is 0 Å². The number of amides is 4. The molecule has 264 valence electrons. The molecule has 0 bridgehead atoms. The normalized spacial score (nSPS) is 22.0. The van der Waals surface area contributed by atoms with Crippen LogP contribution in [0.1, 0.15) is 99.0 Å². The monoisotopic (exact) mass is 687 g/mol. The Morgan fingerprint density at radius 2 is 1.79 bits per heavy atom. The third kappa shape index (κ3) is 9.06. The molecule has 3 N–H and O–H groups in total. The molecule has 1 saturated heterocycles. The predicted molar refractivity (Wildman–Crippen MR) is 182 cm³/mol. The number of hydrogen-bond donors (Lipinski definition) is 3. The van der Waals surface area contributed by atoms with Crippen molar-refractivity contribution in [3.63, 3.8) is 0 Å². The topological polar surface area (TPSA) is 156 Å². The Morgan fingerprint density at radius 1 is 1.10 bits per heavy atom. The highest BCUT2D eigenvalue weighted by molar-refractivity contribution is 6.38. The minimum absolute atomic E-state index is 0.00389. The van der Waals surface area contributed by atoms with E-state index in [2.05, 4.69) is 21.1 Å². The minimum atomic E-state index is -1.08. The largest absolute Gasteiger partial charge is 0.496 e. The van der Waals surface area contributed by atoms with Crippen LogP contribution in [0.3, 0.4) is 0 Å². The van der Waals surface area contributed by atoms with Crippen LogP contribution in [0.4, 0.5) is 0 Å². The van der Waals surface area contributed by atoms with Crippen molar-refractivity contribution in [2.75, 3.05) is 13.7 Å². The summed E-state index contributed by atoms with van der Waals surface area (Å²) < 4.78 is 5.53. The minimum Gasteiger partial charge on any atom is -0.496 e. The zero-order chi connectivity index (χ0) is 35.6. The summed E-state index contributed by atoms with van der Waals surface area (Å²) >= 11 is 6.30. The number of likely N-dealkylation sites (tertiary alicyclic amines) is 1. The smallest absolute Gasteiger partial charge is 0.289 e. The maximum absolute atomic E-state index is 14.5. The summed E-state index contributed by atoms with van der Waals surface area (Å²) in [7, 11) is 1.54. The molecule has 2 heterocycles. The zero-order valence-electron chi connectivity index (χ0n) is 29.3. The zero-order valence-corrected chi connectivity index (χ0v) is 30.1. The van der Waals surface area contributed by atoms with Gasteiger partial charge in [0, 0.05) is 35.9 Å². The van der Waals surface area contributed by atoms with Crippen LogP contribution >= 0.6 is 11.6 Å². The summed E-state index contributed by atoms with van der Waals surface area (Å²) in [4.78, 5) is 75.0. The van der Waals surface area contributed by atoms with Gasteiger partial charge in [-0.1, -0.05) is 71.6 Å². The lowest BCUT2D eigenvalue weighted by Gasteiger charge is -2.36. The molecule has 0 unspecified atom stereocenters. The molecular weight excluding hydrogens is 638 g/mol. The van der Waals surface area contributed by atoms with Gasteiger partial charge in [0.1, 0.15) is 17.8 Å². The lowest BCUT2D eigenvalue weighted by Crippen LogP contribution is -2.59. The molecule has 2 fully saturated rings. The first-order chi connectivity index (χ1) is 22.4. The number of methoxy groups -OCH3 is 1. The second-order valence-corrected chi connectivity index (χ2v) is 16.0. The van der Waals surface area contributed by atoms with Crippen molar-refractivity contribution in [2.45, 2.75) is 123 Å². The van der Waals surface area contributed by atoms with Crippen molar-refractivity contribution >= 4 is 46.7 Å². The SMILES string of the molecule is CCC[C@H](NC(=O)[C@@H]1C[C@]2(CC(c3cc(Cl)ccc3OC)=NO2)CN1C(=O)[C@@H](NC(=O)CC(C)(C)C)C(C)(C)C)C(=O)C(=O)NC1CC1. The average molecular weight is 688 g/mol. The van der Waals surface area contributed by atoms with Crippen molar-refractivity contribution < 1.29 is 33.5 Å². The van der Waals surface area contributed by atoms with Crippen LogP contribution in [-0.4, -0.2) is 83.4 Å². The number of Topliss-reactive ketones (excluding diaryl/α,β-unsaturated/α-hetero) is 1. The highest BCUT2D eigenvalue weighted by Gasteiger charge is 2.56. The van der Waals surface area contributed by atoms with Crippen LogP contribution in [-0.2, 0) is 28.8 Å². The summed E-state index contributed by atoms with van der Waals surface area (Å²) in [6.45, 7) is 13.2. The number of hydrogen-bond acceptors (Lipinski definition) is 8. The summed E-state index contributed by atoms with van der Waals surface area (Å²) in [5.74, 6) is -2.23. The number of carbonyl (C=O) groups is 5. The van der Waals surface area contributed by atoms with Gasteiger partial charge in [-0.3, -0.25) is 24.0 Å². The Hall–Kier alpha value is -3.67. The molecule has 1 saturated carbocycles. The molecule has 13 heteroatoms. The van der Waals surface area contributed by atoms with E-state index in [0.717, 1.165) is 12.8 Å². The molecule has 0 aromatic heterocycles. The summed E-state index contributed by atoms with van der Waals surface area (Å²) in [6, 6.07) is 2.03. The number of ether oxygens (including phenoxy) is 1. The van der Waals surface area contributed by atoms with Crippen LogP contribution < -0.4 is 20.7 Å². The van der Waals surface area contributed by atoms with Crippen LogP contribution in [0.5, 0.6) is 5.75 Å². The van der Waals surface area contributed by atoms with E-state index in [1.165, 1.54) is 12.0 Å². The van der Waals surface area contributed by atoms with Gasteiger partial charge in [0.2, 0.25) is 23.5 Å². The first-order valence-corrected chi connectivity index (χ1v) is 17.1. The van der Waals surface area contributed by atoms with Crippen LogP contribution in [0.15, 0.2) is 23.4 Å². The summed E-state index contributed by atoms with van der Waals surface area (Å²) in [5, 5.41) is 13.3. The summed E-state index contributed by atoms with van der Waals surface area (Å²) in [5.41, 5.74) is -0.926. The Bertz CT molecular complexity index is 1460. The fraction of sp³-hybridized carbons (Fsp3) is 0.657. The third-order valence-electron chi connectivity index (χ3n) is 8.75. The average Bonchev–Trinajstić information content (AvgIpc) is 3.58. The Labute approximate surface area is 288 Å². The van der Waals surface area contributed by atoms with Gasteiger partial charge in [-0.25, -0.2) is 0 Å². The Morgan fingerprint density at radius 3 is 2.38 bits per heavy atom. The van der Waals surface area contributed by atoms with Gasteiger partial charge >= 0.3 is 0 Å². The maximum atomic E-state index is 14.5. The van der Waals surface area contributed by atoms with Crippen LogP contribution in [0, 0.1) is 10.8 Å². The second kappa shape index (κ2) is 14.4. The molecule has 4 amide bonds. The number of nitrogens with one attached hydrogen (secondary N) is 3. The molecule has 0 radical (unpaired) electrons. The molecule has 48 heavy (non-hydrogen) atoms. The Balaban J connectivity index is 1.64. The quantitative estimate of drug-likeness (QED) is 0.282. The number of halogens is 1.